The van der Waals surface area contributed by atoms with E-state index in [-0.39, 0.29) is 5.54 Å². The number of nitrogens with zero attached hydrogens (tertiary/aromatic N) is 1. The molecule has 1 unspecified atom stereocenters. The van der Waals surface area contributed by atoms with E-state index in [9.17, 15) is 8.78 Å². The molecule has 12 heavy (non-hydrogen) atoms. The molecule has 72 valence electrons. The maximum absolute atomic E-state index is 12.5. The molecule has 1 fully saturated rings. The van der Waals surface area contributed by atoms with Gasteiger partial charge in [-0.3, -0.25) is 4.90 Å². The first-order valence-electron chi connectivity index (χ1n) is 4.48. The highest BCUT2D eigenvalue weighted by molar-refractivity contribution is 4.89. The quantitative estimate of drug-likeness (QED) is 0.595. The molecule has 0 bridgehead atoms. The molecule has 1 nitrogen and oxygen atoms in total. The number of hydrogen-bond donors (Lipinski definition) is 0. The molecule has 0 aromatic heterocycles. The minimum atomic E-state index is -2.19. The highest BCUT2D eigenvalue weighted by Gasteiger charge is 2.37. The smallest absolute Gasteiger partial charge is 0.253 e. The second-order valence-electron chi connectivity index (χ2n) is 4.41. The SMILES string of the molecule is CC(C)(C)N1CCCC1C(F)F. The number of likely N-dealkylation sites (tertiary alicyclic amines) is 1. The lowest BCUT2D eigenvalue weighted by Gasteiger charge is -2.36. The minimum Gasteiger partial charge on any atom is -0.290 e. The third-order valence-electron chi connectivity index (χ3n) is 2.45. The molecule has 0 saturated carbocycles. The van der Waals surface area contributed by atoms with Crippen LogP contribution in [0.5, 0.6) is 0 Å². The average Bonchev–Trinajstić information content (AvgIpc) is 2.30. The molecular weight excluding hydrogens is 160 g/mol. The Morgan fingerprint density at radius 1 is 1.33 bits per heavy atom. The molecule has 1 aliphatic rings. The summed E-state index contributed by atoms with van der Waals surface area (Å²) in [6.45, 7) is 6.80. The summed E-state index contributed by atoms with van der Waals surface area (Å²) >= 11 is 0. The summed E-state index contributed by atoms with van der Waals surface area (Å²) in [6.07, 6.45) is -0.631. The van der Waals surface area contributed by atoms with E-state index >= 15 is 0 Å². The van der Waals surface area contributed by atoms with E-state index in [1.54, 1.807) is 0 Å². The van der Waals surface area contributed by atoms with Crippen LogP contribution in [-0.4, -0.2) is 29.5 Å². The maximum Gasteiger partial charge on any atom is 0.253 e. The predicted octanol–water partition coefficient (Wildman–Crippen LogP) is 2.51. The van der Waals surface area contributed by atoms with Crippen LogP contribution in [0.15, 0.2) is 0 Å². The van der Waals surface area contributed by atoms with E-state index < -0.39 is 12.5 Å². The highest BCUT2D eigenvalue weighted by atomic mass is 19.3. The first kappa shape index (κ1) is 9.90. The van der Waals surface area contributed by atoms with Gasteiger partial charge in [-0.05, 0) is 40.2 Å². The van der Waals surface area contributed by atoms with E-state index in [4.69, 9.17) is 0 Å². The molecular formula is C9H17F2N. The zero-order valence-corrected chi connectivity index (χ0v) is 7.98. The Morgan fingerprint density at radius 2 is 1.92 bits per heavy atom. The summed E-state index contributed by atoms with van der Waals surface area (Å²) in [4.78, 5) is 1.91. The van der Waals surface area contributed by atoms with Gasteiger partial charge in [-0.2, -0.15) is 0 Å². The van der Waals surface area contributed by atoms with Crippen molar-refractivity contribution < 1.29 is 8.78 Å². The lowest BCUT2D eigenvalue weighted by Crippen LogP contribution is -2.47. The molecule has 0 radical (unpaired) electrons. The number of hydrogen-bond acceptors (Lipinski definition) is 1. The summed E-state index contributed by atoms with van der Waals surface area (Å²) < 4.78 is 25.0. The van der Waals surface area contributed by atoms with Gasteiger partial charge in [0.1, 0.15) is 0 Å². The number of alkyl halides is 2. The second-order valence-corrected chi connectivity index (χ2v) is 4.41. The van der Waals surface area contributed by atoms with E-state index in [1.807, 2.05) is 25.7 Å². The first-order valence-corrected chi connectivity index (χ1v) is 4.48. The maximum atomic E-state index is 12.5. The van der Waals surface area contributed by atoms with Crippen molar-refractivity contribution in [2.45, 2.75) is 51.6 Å². The normalized spacial score (nSPS) is 27.0. The van der Waals surface area contributed by atoms with Gasteiger partial charge in [0, 0.05) is 5.54 Å². The van der Waals surface area contributed by atoms with Crippen LogP contribution in [0.3, 0.4) is 0 Å². The van der Waals surface area contributed by atoms with Crippen molar-refractivity contribution in [2.75, 3.05) is 6.54 Å². The summed E-state index contributed by atoms with van der Waals surface area (Å²) in [6, 6.07) is -0.509. The second kappa shape index (κ2) is 3.29. The zero-order chi connectivity index (χ0) is 9.35. The van der Waals surface area contributed by atoms with Crippen molar-refractivity contribution in [1.29, 1.82) is 0 Å². The van der Waals surface area contributed by atoms with Gasteiger partial charge in [-0.15, -0.1) is 0 Å². The fourth-order valence-corrected chi connectivity index (χ4v) is 1.89. The molecule has 1 aliphatic heterocycles. The van der Waals surface area contributed by atoms with Crippen LogP contribution in [0.2, 0.25) is 0 Å². The minimum absolute atomic E-state index is 0.113. The van der Waals surface area contributed by atoms with Gasteiger partial charge < -0.3 is 0 Å². The Balaban J connectivity index is 2.64. The summed E-state index contributed by atoms with van der Waals surface area (Å²) in [7, 11) is 0. The fraction of sp³-hybridized carbons (Fsp3) is 1.00. The van der Waals surface area contributed by atoms with Crippen molar-refractivity contribution in [1.82, 2.24) is 4.90 Å². The molecule has 0 spiro atoms. The van der Waals surface area contributed by atoms with Crippen LogP contribution in [0.1, 0.15) is 33.6 Å². The standard InChI is InChI=1S/C9H17F2N/c1-9(2,3)12-6-4-5-7(12)8(10)11/h7-8H,4-6H2,1-3H3. The van der Waals surface area contributed by atoms with Gasteiger partial charge in [0.15, 0.2) is 0 Å². The van der Waals surface area contributed by atoms with E-state index in [1.165, 1.54) is 0 Å². The van der Waals surface area contributed by atoms with Gasteiger partial charge in [0.05, 0.1) is 6.04 Å². The Bertz CT molecular complexity index is 151. The molecule has 1 saturated heterocycles. The monoisotopic (exact) mass is 177 g/mol. The molecule has 3 heteroatoms. The largest absolute Gasteiger partial charge is 0.290 e. The highest BCUT2D eigenvalue weighted by Crippen LogP contribution is 2.29. The Kier molecular flexibility index (Phi) is 2.71. The summed E-state index contributed by atoms with van der Waals surface area (Å²) in [5.41, 5.74) is -0.113. The van der Waals surface area contributed by atoms with Crippen molar-refractivity contribution in [3.05, 3.63) is 0 Å². The van der Waals surface area contributed by atoms with Gasteiger partial charge in [-0.25, -0.2) is 8.78 Å². The Morgan fingerprint density at radius 3 is 2.25 bits per heavy atom. The topological polar surface area (TPSA) is 3.24 Å². The average molecular weight is 177 g/mol. The van der Waals surface area contributed by atoms with E-state index in [0.717, 1.165) is 13.0 Å². The van der Waals surface area contributed by atoms with Crippen molar-refractivity contribution in [3.8, 4) is 0 Å². The Labute approximate surface area is 72.7 Å². The Hall–Kier alpha value is -0.180. The molecule has 0 aliphatic carbocycles. The molecule has 1 heterocycles. The molecule has 0 amide bonds. The first-order chi connectivity index (χ1) is 5.43. The van der Waals surface area contributed by atoms with Crippen LogP contribution in [0, 0.1) is 0 Å². The lowest BCUT2D eigenvalue weighted by atomic mass is 10.0. The van der Waals surface area contributed by atoms with Gasteiger partial charge in [-0.1, -0.05) is 0 Å². The molecule has 1 rings (SSSR count). The van der Waals surface area contributed by atoms with Crippen LogP contribution in [-0.2, 0) is 0 Å². The van der Waals surface area contributed by atoms with Crippen LogP contribution < -0.4 is 0 Å². The van der Waals surface area contributed by atoms with Gasteiger partial charge in [0.25, 0.3) is 6.43 Å². The number of halogens is 2. The van der Waals surface area contributed by atoms with E-state index in [2.05, 4.69) is 0 Å². The van der Waals surface area contributed by atoms with Crippen molar-refractivity contribution >= 4 is 0 Å². The van der Waals surface area contributed by atoms with E-state index in [0.29, 0.717) is 6.42 Å². The molecule has 0 aromatic carbocycles. The lowest BCUT2D eigenvalue weighted by molar-refractivity contribution is 0.00622. The molecule has 0 aromatic rings. The van der Waals surface area contributed by atoms with Gasteiger partial charge in [0.2, 0.25) is 0 Å². The number of rotatable bonds is 1. The molecule has 1 atom stereocenters. The fourth-order valence-electron chi connectivity index (χ4n) is 1.89. The predicted molar refractivity (Wildman–Crippen MR) is 45.5 cm³/mol. The summed E-state index contributed by atoms with van der Waals surface area (Å²) in [5.74, 6) is 0. The van der Waals surface area contributed by atoms with Gasteiger partial charge >= 0.3 is 0 Å². The van der Waals surface area contributed by atoms with Crippen LogP contribution in [0.4, 0.5) is 8.78 Å². The van der Waals surface area contributed by atoms with Crippen LogP contribution >= 0.6 is 0 Å². The third kappa shape index (κ3) is 1.94. The van der Waals surface area contributed by atoms with Crippen molar-refractivity contribution in [2.24, 2.45) is 0 Å². The summed E-state index contributed by atoms with van der Waals surface area (Å²) in [5, 5.41) is 0. The van der Waals surface area contributed by atoms with Crippen molar-refractivity contribution in [3.63, 3.8) is 0 Å². The molecule has 0 N–H and O–H groups in total. The zero-order valence-electron chi connectivity index (χ0n) is 7.98. The van der Waals surface area contributed by atoms with Crippen LogP contribution in [0.25, 0.3) is 0 Å². The third-order valence-corrected chi connectivity index (χ3v) is 2.45.